The predicted molar refractivity (Wildman–Crippen MR) is 75.2 cm³/mol. The van der Waals surface area contributed by atoms with Crippen LogP contribution < -0.4 is 5.32 Å². The smallest absolute Gasteiger partial charge is 0.161 e. The van der Waals surface area contributed by atoms with Crippen molar-refractivity contribution in [1.82, 2.24) is 4.98 Å². The van der Waals surface area contributed by atoms with Crippen LogP contribution in [0.3, 0.4) is 0 Å². The van der Waals surface area contributed by atoms with Gasteiger partial charge < -0.3 is 5.32 Å². The molecule has 0 aliphatic rings. The Hall–Kier alpha value is -1.93. The molecule has 96 valence electrons. The van der Waals surface area contributed by atoms with Crippen molar-refractivity contribution < 1.29 is 4.39 Å². The summed E-state index contributed by atoms with van der Waals surface area (Å²) in [6.07, 6.45) is 2.44. The molecular formula is C14H11BrFN3. The third kappa shape index (κ3) is 3.30. The Morgan fingerprint density at radius 3 is 2.84 bits per heavy atom. The first-order valence-corrected chi connectivity index (χ1v) is 6.53. The van der Waals surface area contributed by atoms with E-state index in [2.05, 4.69) is 26.2 Å². The summed E-state index contributed by atoms with van der Waals surface area (Å²) in [5.74, 6) is -0.444. The molecule has 0 amide bonds. The second kappa shape index (κ2) is 6.30. The Morgan fingerprint density at radius 2 is 2.16 bits per heavy atom. The summed E-state index contributed by atoms with van der Waals surface area (Å²) in [5, 5.41) is 11.8. The van der Waals surface area contributed by atoms with Crippen LogP contribution in [0.4, 0.5) is 10.1 Å². The first-order chi connectivity index (χ1) is 9.22. The van der Waals surface area contributed by atoms with E-state index in [-0.39, 0.29) is 10.0 Å². The summed E-state index contributed by atoms with van der Waals surface area (Å²) in [6, 6.07) is 10.8. The van der Waals surface area contributed by atoms with Gasteiger partial charge in [-0.2, -0.15) is 5.26 Å². The van der Waals surface area contributed by atoms with Gasteiger partial charge in [-0.05, 0) is 40.2 Å². The first kappa shape index (κ1) is 13.5. The number of nitrogens with one attached hydrogen (secondary N) is 1. The van der Waals surface area contributed by atoms with Crippen LogP contribution in [0.2, 0.25) is 0 Å². The van der Waals surface area contributed by atoms with Gasteiger partial charge in [0.05, 0.1) is 15.7 Å². The number of aromatic nitrogens is 1. The van der Waals surface area contributed by atoms with E-state index in [4.69, 9.17) is 5.26 Å². The lowest BCUT2D eigenvalue weighted by Crippen LogP contribution is -2.07. The Kier molecular flexibility index (Phi) is 4.48. The maximum absolute atomic E-state index is 13.9. The number of nitrogens with zero attached hydrogens (tertiary/aromatic N) is 2. The molecule has 0 fully saturated rings. The summed E-state index contributed by atoms with van der Waals surface area (Å²) < 4.78 is 14.1. The number of benzene rings is 1. The molecule has 0 atom stereocenters. The summed E-state index contributed by atoms with van der Waals surface area (Å²) in [4.78, 5) is 4.19. The van der Waals surface area contributed by atoms with Crippen molar-refractivity contribution in [1.29, 1.82) is 5.26 Å². The number of anilines is 1. The van der Waals surface area contributed by atoms with Crippen molar-refractivity contribution in [3.8, 4) is 6.07 Å². The second-order valence-electron chi connectivity index (χ2n) is 3.90. The average Bonchev–Trinajstić information content (AvgIpc) is 2.45. The van der Waals surface area contributed by atoms with Gasteiger partial charge in [0.15, 0.2) is 5.82 Å². The number of nitriles is 1. The van der Waals surface area contributed by atoms with Gasteiger partial charge in [0.25, 0.3) is 0 Å². The third-order valence-electron chi connectivity index (χ3n) is 2.63. The fraction of sp³-hybridized carbons (Fsp3) is 0.143. The molecule has 0 saturated heterocycles. The van der Waals surface area contributed by atoms with Crippen molar-refractivity contribution in [2.45, 2.75) is 6.42 Å². The van der Waals surface area contributed by atoms with Crippen LogP contribution in [0.1, 0.15) is 11.3 Å². The molecule has 0 saturated carbocycles. The molecular weight excluding hydrogens is 309 g/mol. The van der Waals surface area contributed by atoms with E-state index in [1.54, 1.807) is 18.3 Å². The molecule has 3 nitrogen and oxygen atoms in total. The normalized spacial score (nSPS) is 9.95. The highest BCUT2D eigenvalue weighted by Crippen LogP contribution is 2.26. The van der Waals surface area contributed by atoms with Gasteiger partial charge in [-0.25, -0.2) is 4.39 Å². The van der Waals surface area contributed by atoms with E-state index in [1.165, 1.54) is 0 Å². The van der Waals surface area contributed by atoms with E-state index in [0.29, 0.717) is 18.7 Å². The highest BCUT2D eigenvalue weighted by Gasteiger charge is 2.10. The number of hydrogen-bond donors (Lipinski definition) is 1. The first-order valence-electron chi connectivity index (χ1n) is 5.74. The topological polar surface area (TPSA) is 48.7 Å². The number of rotatable bonds is 4. The SMILES string of the molecule is N#Cc1ccc(NCCc2ccccn2)c(F)c1Br. The summed E-state index contributed by atoms with van der Waals surface area (Å²) in [7, 11) is 0. The third-order valence-corrected chi connectivity index (χ3v) is 3.40. The lowest BCUT2D eigenvalue weighted by molar-refractivity contribution is 0.623. The molecule has 19 heavy (non-hydrogen) atoms. The van der Waals surface area contributed by atoms with Crippen LogP contribution in [0, 0.1) is 17.1 Å². The zero-order valence-electron chi connectivity index (χ0n) is 10.0. The van der Waals surface area contributed by atoms with Gasteiger partial charge in [-0.15, -0.1) is 0 Å². The van der Waals surface area contributed by atoms with Crippen molar-refractivity contribution in [2.75, 3.05) is 11.9 Å². The molecule has 2 rings (SSSR count). The average molecular weight is 320 g/mol. The zero-order valence-corrected chi connectivity index (χ0v) is 11.6. The van der Waals surface area contributed by atoms with Crippen LogP contribution in [0.15, 0.2) is 41.0 Å². The van der Waals surface area contributed by atoms with Gasteiger partial charge in [-0.3, -0.25) is 4.98 Å². The minimum atomic E-state index is -0.444. The van der Waals surface area contributed by atoms with E-state index in [0.717, 1.165) is 5.69 Å². The van der Waals surface area contributed by atoms with E-state index < -0.39 is 5.82 Å². The number of halogens is 2. The largest absolute Gasteiger partial charge is 0.382 e. The second-order valence-corrected chi connectivity index (χ2v) is 4.69. The van der Waals surface area contributed by atoms with Crippen molar-refractivity contribution in [3.63, 3.8) is 0 Å². The molecule has 0 aliphatic carbocycles. The maximum Gasteiger partial charge on any atom is 0.161 e. The van der Waals surface area contributed by atoms with Gasteiger partial charge in [0.1, 0.15) is 6.07 Å². The lowest BCUT2D eigenvalue weighted by atomic mass is 10.2. The Labute approximate surface area is 119 Å². The standard InChI is InChI=1S/C14H11BrFN3/c15-13-10(9-17)4-5-12(14(13)16)19-8-6-11-3-1-2-7-18-11/h1-5,7,19H,6,8H2. The summed E-state index contributed by atoms with van der Waals surface area (Å²) in [6.45, 7) is 0.576. The molecule has 2 aromatic rings. The molecule has 0 unspecified atom stereocenters. The van der Waals surface area contributed by atoms with Gasteiger partial charge in [0, 0.05) is 24.9 Å². The fourth-order valence-corrected chi connectivity index (χ4v) is 2.08. The number of hydrogen-bond acceptors (Lipinski definition) is 3. The molecule has 0 spiro atoms. The van der Waals surface area contributed by atoms with E-state index in [1.807, 2.05) is 24.3 Å². The maximum atomic E-state index is 13.9. The van der Waals surface area contributed by atoms with Crippen molar-refractivity contribution in [3.05, 3.63) is 58.1 Å². The van der Waals surface area contributed by atoms with Crippen LogP contribution in [-0.4, -0.2) is 11.5 Å². The highest BCUT2D eigenvalue weighted by molar-refractivity contribution is 9.10. The minimum Gasteiger partial charge on any atom is -0.382 e. The summed E-state index contributed by atoms with van der Waals surface area (Å²) >= 11 is 3.08. The highest BCUT2D eigenvalue weighted by atomic mass is 79.9. The molecule has 0 radical (unpaired) electrons. The Bertz CT molecular complexity index is 608. The molecule has 1 N–H and O–H groups in total. The van der Waals surface area contributed by atoms with Gasteiger partial charge in [0.2, 0.25) is 0 Å². The van der Waals surface area contributed by atoms with Crippen LogP contribution in [-0.2, 0) is 6.42 Å². The molecule has 1 aromatic heterocycles. The summed E-state index contributed by atoms with van der Waals surface area (Å²) in [5.41, 5.74) is 1.61. The van der Waals surface area contributed by atoms with Crippen LogP contribution in [0.25, 0.3) is 0 Å². The molecule has 5 heteroatoms. The van der Waals surface area contributed by atoms with Crippen molar-refractivity contribution >= 4 is 21.6 Å². The fourth-order valence-electron chi connectivity index (χ4n) is 1.64. The molecule has 0 bridgehead atoms. The quantitative estimate of drug-likeness (QED) is 0.938. The van der Waals surface area contributed by atoms with Crippen LogP contribution in [0.5, 0.6) is 0 Å². The molecule has 1 aromatic carbocycles. The number of pyridine rings is 1. The van der Waals surface area contributed by atoms with E-state index in [9.17, 15) is 4.39 Å². The van der Waals surface area contributed by atoms with Crippen molar-refractivity contribution in [2.24, 2.45) is 0 Å². The van der Waals surface area contributed by atoms with E-state index >= 15 is 0 Å². The minimum absolute atomic E-state index is 0.192. The molecule has 0 aliphatic heterocycles. The van der Waals surface area contributed by atoms with Gasteiger partial charge >= 0.3 is 0 Å². The predicted octanol–water partition coefficient (Wildman–Crippen LogP) is 3.51. The van der Waals surface area contributed by atoms with Gasteiger partial charge in [-0.1, -0.05) is 6.07 Å². The van der Waals surface area contributed by atoms with Crippen LogP contribution >= 0.6 is 15.9 Å². The monoisotopic (exact) mass is 319 g/mol. The Morgan fingerprint density at radius 1 is 1.32 bits per heavy atom. The molecule has 1 heterocycles. The lowest BCUT2D eigenvalue weighted by Gasteiger charge is -2.09. The Balaban J connectivity index is 2.01. The zero-order chi connectivity index (χ0) is 13.7.